The van der Waals surface area contributed by atoms with Gasteiger partial charge in [-0.3, -0.25) is 0 Å². The first-order valence-electron chi connectivity index (χ1n) is 5.94. The van der Waals surface area contributed by atoms with Crippen LogP contribution in [0.25, 0.3) is 22.4 Å². The number of hydrogen-bond acceptors (Lipinski definition) is 6. The summed E-state index contributed by atoms with van der Waals surface area (Å²) >= 11 is 0. The maximum atomic E-state index is 5.89. The van der Waals surface area contributed by atoms with Crippen LogP contribution in [0.15, 0.2) is 47.5 Å². The molecule has 0 amide bonds. The van der Waals surface area contributed by atoms with Crippen LogP contribution in [0.5, 0.6) is 5.75 Å². The highest BCUT2D eigenvalue weighted by Gasteiger charge is 2.18. The van der Waals surface area contributed by atoms with Gasteiger partial charge in [-0.05, 0) is 17.7 Å². The van der Waals surface area contributed by atoms with Crippen molar-refractivity contribution in [3.8, 4) is 28.1 Å². The number of nitrogen functional groups attached to an aromatic ring is 1. The molecule has 0 atom stereocenters. The molecular weight excluding hydrogens is 256 g/mol. The molecule has 2 N–H and O–H groups in total. The van der Waals surface area contributed by atoms with E-state index in [1.165, 1.54) is 6.33 Å². The molecular formula is C14H12N4O2. The normalized spacial score (nSPS) is 10.4. The second-order valence-corrected chi connectivity index (χ2v) is 4.13. The summed E-state index contributed by atoms with van der Waals surface area (Å²) in [6.07, 6.45) is 4.78. The van der Waals surface area contributed by atoms with E-state index in [2.05, 4.69) is 15.1 Å². The van der Waals surface area contributed by atoms with Crippen LogP contribution in [0.2, 0.25) is 0 Å². The molecule has 0 saturated heterocycles. The molecule has 100 valence electrons. The predicted molar refractivity (Wildman–Crippen MR) is 73.9 cm³/mol. The van der Waals surface area contributed by atoms with Crippen molar-refractivity contribution in [1.29, 1.82) is 0 Å². The summed E-state index contributed by atoms with van der Waals surface area (Å²) in [5.41, 5.74) is 8.81. The van der Waals surface area contributed by atoms with Gasteiger partial charge in [-0.1, -0.05) is 17.3 Å². The van der Waals surface area contributed by atoms with Crippen LogP contribution in [-0.2, 0) is 0 Å². The van der Waals surface area contributed by atoms with E-state index in [4.69, 9.17) is 15.0 Å². The Balaban J connectivity index is 2.16. The van der Waals surface area contributed by atoms with Crippen LogP contribution in [-0.4, -0.2) is 22.2 Å². The van der Waals surface area contributed by atoms with E-state index >= 15 is 0 Å². The zero-order chi connectivity index (χ0) is 13.9. The third-order valence-corrected chi connectivity index (χ3v) is 2.91. The lowest BCUT2D eigenvalue weighted by Crippen LogP contribution is -1.90. The molecule has 0 aliphatic heterocycles. The number of anilines is 1. The van der Waals surface area contributed by atoms with E-state index in [1.807, 2.05) is 24.3 Å². The van der Waals surface area contributed by atoms with Crippen molar-refractivity contribution in [3.05, 3.63) is 43.0 Å². The molecule has 3 rings (SSSR count). The third kappa shape index (κ3) is 2.07. The zero-order valence-electron chi connectivity index (χ0n) is 10.8. The first-order valence-corrected chi connectivity index (χ1v) is 5.94. The van der Waals surface area contributed by atoms with Gasteiger partial charge < -0.3 is 15.0 Å². The van der Waals surface area contributed by atoms with Crippen molar-refractivity contribution in [2.45, 2.75) is 0 Å². The molecule has 2 heterocycles. The van der Waals surface area contributed by atoms with Gasteiger partial charge in [-0.15, -0.1) is 0 Å². The van der Waals surface area contributed by atoms with Gasteiger partial charge in [0.2, 0.25) is 5.88 Å². The van der Waals surface area contributed by atoms with Crippen molar-refractivity contribution in [3.63, 3.8) is 0 Å². The van der Waals surface area contributed by atoms with Crippen LogP contribution in [0.3, 0.4) is 0 Å². The van der Waals surface area contributed by atoms with Crippen LogP contribution < -0.4 is 10.5 Å². The Bertz CT molecular complexity index is 725. The molecule has 20 heavy (non-hydrogen) atoms. The number of rotatable bonds is 3. The fourth-order valence-electron chi connectivity index (χ4n) is 1.98. The standard InChI is InChI=1S/C14H12N4O2/c1-19-11-4-2-3-9(5-11)12-13(18-20-14(12)15)10-6-16-8-17-7-10/h2-8H,15H2,1H3. The quantitative estimate of drug-likeness (QED) is 0.784. The number of hydrogen-bond donors (Lipinski definition) is 1. The van der Waals surface area contributed by atoms with E-state index in [-0.39, 0.29) is 5.88 Å². The fourth-order valence-corrected chi connectivity index (χ4v) is 1.98. The number of methoxy groups -OCH3 is 1. The summed E-state index contributed by atoms with van der Waals surface area (Å²) in [6.45, 7) is 0. The van der Waals surface area contributed by atoms with Crippen molar-refractivity contribution in [1.82, 2.24) is 15.1 Å². The Kier molecular flexibility index (Phi) is 3.04. The summed E-state index contributed by atoms with van der Waals surface area (Å²) in [4.78, 5) is 7.96. The summed E-state index contributed by atoms with van der Waals surface area (Å²) in [5, 5.41) is 4.00. The zero-order valence-corrected chi connectivity index (χ0v) is 10.8. The largest absolute Gasteiger partial charge is 0.497 e. The smallest absolute Gasteiger partial charge is 0.230 e. The lowest BCUT2D eigenvalue weighted by Gasteiger charge is -2.05. The van der Waals surface area contributed by atoms with E-state index in [0.717, 1.165) is 16.9 Å². The highest BCUT2D eigenvalue weighted by Crippen LogP contribution is 2.36. The predicted octanol–water partition coefficient (Wildman–Crippen LogP) is 2.39. The topological polar surface area (TPSA) is 87.1 Å². The van der Waals surface area contributed by atoms with Crippen LogP contribution in [0.4, 0.5) is 5.88 Å². The van der Waals surface area contributed by atoms with E-state index in [9.17, 15) is 0 Å². The molecule has 3 aromatic rings. The van der Waals surface area contributed by atoms with E-state index in [0.29, 0.717) is 11.3 Å². The Hall–Kier alpha value is -2.89. The lowest BCUT2D eigenvalue weighted by atomic mass is 10.0. The minimum atomic E-state index is 0.247. The van der Waals surface area contributed by atoms with Crippen molar-refractivity contribution < 1.29 is 9.26 Å². The third-order valence-electron chi connectivity index (χ3n) is 2.91. The molecule has 0 fully saturated rings. The van der Waals surface area contributed by atoms with E-state index in [1.54, 1.807) is 19.5 Å². The van der Waals surface area contributed by atoms with Gasteiger partial charge in [-0.2, -0.15) is 0 Å². The summed E-state index contributed by atoms with van der Waals surface area (Å²) in [6, 6.07) is 7.53. The second kappa shape index (κ2) is 5.00. The van der Waals surface area contributed by atoms with Gasteiger partial charge in [0, 0.05) is 18.0 Å². The average Bonchev–Trinajstić information content (AvgIpc) is 2.90. The maximum Gasteiger partial charge on any atom is 0.230 e. The van der Waals surface area contributed by atoms with Crippen LogP contribution in [0.1, 0.15) is 0 Å². The van der Waals surface area contributed by atoms with Crippen molar-refractivity contribution >= 4 is 5.88 Å². The highest BCUT2D eigenvalue weighted by atomic mass is 16.5. The molecule has 6 heteroatoms. The van der Waals surface area contributed by atoms with Crippen molar-refractivity contribution in [2.75, 3.05) is 12.8 Å². The number of nitrogens with zero attached hydrogens (tertiary/aromatic N) is 3. The lowest BCUT2D eigenvalue weighted by molar-refractivity contribution is 0.415. The van der Waals surface area contributed by atoms with Gasteiger partial charge in [-0.25, -0.2) is 9.97 Å². The number of ether oxygens (including phenoxy) is 1. The molecule has 0 bridgehead atoms. The Morgan fingerprint density at radius 3 is 2.70 bits per heavy atom. The fraction of sp³-hybridized carbons (Fsp3) is 0.0714. The van der Waals surface area contributed by atoms with E-state index < -0.39 is 0 Å². The maximum absolute atomic E-state index is 5.89. The summed E-state index contributed by atoms with van der Waals surface area (Å²) in [5.74, 6) is 0.982. The van der Waals surface area contributed by atoms with Gasteiger partial charge in [0.05, 0.1) is 12.7 Å². The van der Waals surface area contributed by atoms with Crippen LogP contribution in [0, 0.1) is 0 Å². The van der Waals surface area contributed by atoms with Crippen LogP contribution >= 0.6 is 0 Å². The number of aromatic nitrogens is 3. The Morgan fingerprint density at radius 2 is 1.95 bits per heavy atom. The van der Waals surface area contributed by atoms with Crippen molar-refractivity contribution in [2.24, 2.45) is 0 Å². The molecule has 1 aromatic carbocycles. The molecule has 0 aliphatic rings. The second-order valence-electron chi connectivity index (χ2n) is 4.13. The molecule has 2 aromatic heterocycles. The number of nitrogens with two attached hydrogens (primary N) is 1. The minimum Gasteiger partial charge on any atom is -0.497 e. The highest BCUT2D eigenvalue weighted by molar-refractivity contribution is 5.86. The average molecular weight is 268 g/mol. The minimum absolute atomic E-state index is 0.247. The SMILES string of the molecule is COc1cccc(-c2c(-c3cncnc3)noc2N)c1. The Morgan fingerprint density at radius 1 is 1.15 bits per heavy atom. The van der Waals surface area contributed by atoms with Gasteiger partial charge >= 0.3 is 0 Å². The molecule has 0 spiro atoms. The first-order chi connectivity index (χ1) is 9.79. The first kappa shape index (κ1) is 12.2. The molecule has 6 nitrogen and oxygen atoms in total. The monoisotopic (exact) mass is 268 g/mol. The van der Waals surface area contributed by atoms with Gasteiger partial charge in [0.25, 0.3) is 0 Å². The molecule has 0 saturated carbocycles. The Labute approximate surface area is 115 Å². The molecule has 0 unspecified atom stereocenters. The summed E-state index contributed by atoms with van der Waals surface area (Å²) < 4.78 is 10.3. The molecule has 0 aliphatic carbocycles. The number of benzene rings is 1. The molecule has 0 radical (unpaired) electrons. The van der Waals surface area contributed by atoms with Gasteiger partial charge in [0.1, 0.15) is 17.8 Å². The summed E-state index contributed by atoms with van der Waals surface area (Å²) in [7, 11) is 1.61. The van der Waals surface area contributed by atoms with Gasteiger partial charge in [0.15, 0.2) is 0 Å².